The fourth-order valence-electron chi connectivity index (χ4n) is 3.70. The van der Waals surface area contributed by atoms with Crippen molar-refractivity contribution in [1.82, 2.24) is 15.5 Å². The van der Waals surface area contributed by atoms with Crippen LogP contribution in [0.2, 0.25) is 5.02 Å². The number of carbonyl (C=O) groups excluding carboxylic acids is 3. The van der Waals surface area contributed by atoms with Crippen molar-refractivity contribution < 1.29 is 19.1 Å². The molecule has 1 aromatic carbocycles. The lowest BCUT2D eigenvalue weighted by atomic mass is 9.93. The molecule has 0 aliphatic carbocycles. The van der Waals surface area contributed by atoms with Gasteiger partial charge in [-0.1, -0.05) is 23.7 Å². The number of hydrogen-bond donors (Lipinski definition) is 3. The number of ether oxygens (including phenoxy) is 1. The SMILES string of the molecule is CCOC(=O)C1=C(CN2CCC(C(N)=O)CC2)NC(=O)N[C@@H]1c1ccc(Cl)cc1. The van der Waals surface area contributed by atoms with Gasteiger partial charge in [0.25, 0.3) is 0 Å². The molecule has 0 bridgehead atoms. The van der Waals surface area contributed by atoms with Crippen molar-refractivity contribution >= 4 is 29.5 Å². The number of urea groups is 1. The molecular formula is C20H25ClN4O4. The van der Waals surface area contributed by atoms with Crippen LogP contribution in [-0.2, 0) is 14.3 Å². The first-order valence-corrected chi connectivity index (χ1v) is 10.0. The van der Waals surface area contributed by atoms with Gasteiger partial charge in [0, 0.05) is 23.2 Å². The number of piperidine rings is 1. The Bertz CT molecular complexity index is 816. The van der Waals surface area contributed by atoms with E-state index >= 15 is 0 Å². The van der Waals surface area contributed by atoms with Gasteiger partial charge in [0.15, 0.2) is 0 Å². The Morgan fingerprint density at radius 2 is 1.90 bits per heavy atom. The molecule has 2 aliphatic rings. The van der Waals surface area contributed by atoms with Crippen LogP contribution in [0.3, 0.4) is 0 Å². The van der Waals surface area contributed by atoms with Gasteiger partial charge in [-0.2, -0.15) is 0 Å². The quantitative estimate of drug-likeness (QED) is 0.606. The minimum absolute atomic E-state index is 0.130. The van der Waals surface area contributed by atoms with Crippen LogP contribution < -0.4 is 16.4 Å². The molecule has 1 saturated heterocycles. The van der Waals surface area contributed by atoms with Crippen LogP contribution in [0, 0.1) is 5.92 Å². The van der Waals surface area contributed by atoms with Crippen molar-refractivity contribution in [1.29, 1.82) is 0 Å². The summed E-state index contributed by atoms with van der Waals surface area (Å²) < 4.78 is 5.27. The van der Waals surface area contributed by atoms with Crippen molar-refractivity contribution in [2.24, 2.45) is 11.7 Å². The van der Waals surface area contributed by atoms with Crippen LogP contribution in [0.4, 0.5) is 4.79 Å². The van der Waals surface area contributed by atoms with E-state index in [-0.39, 0.29) is 24.5 Å². The van der Waals surface area contributed by atoms with Crippen molar-refractivity contribution in [2.45, 2.75) is 25.8 Å². The topological polar surface area (TPSA) is 114 Å². The van der Waals surface area contributed by atoms with Crippen LogP contribution in [0.25, 0.3) is 0 Å². The van der Waals surface area contributed by atoms with Crippen LogP contribution in [0.15, 0.2) is 35.5 Å². The molecule has 1 aromatic rings. The maximum absolute atomic E-state index is 12.8. The minimum atomic E-state index is -0.641. The molecule has 2 heterocycles. The van der Waals surface area contributed by atoms with Gasteiger partial charge in [0.05, 0.1) is 18.2 Å². The summed E-state index contributed by atoms with van der Waals surface area (Å²) in [6.07, 6.45) is 1.31. The number of halogens is 1. The van der Waals surface area contributed by atoms with Gasteiger partial charge >= 0.3 is 12.0 Å². The largest absolute Gasteiger partial charge is 0.463 e. The number of amides is 3. The molecule has 4 N–H and O–H groups in total. The van der Waals surface area contributed by atoms with Crippen molar-refractivity contribution in [3.8, 4) is 0 Å². The third kappa shape index (κ3) is 5.07. The standard InChI is InChI=1S/C20H25ClN4O4/c1-2-29-19(27)16-15(11-25-9-7-13(8-10-25)18(22)26)23-20(28)24-17(16)12-3-5-14(21)6-4-12/h3-6,13,17H,2,7-11H2,1H3,(H2,22,26)(H2,23,24,28)/t17-/m1/s1. The van der Waals surface area contributed by atoms with Crippen LogP contribution >= 0.6 is 11.6 Å². The van der Waals surface area contributed by atoms with E-state index in [2.05, 4.69) is 15.5 Å². The summed E-state index contributed by atoms with van der Waals surface area (Å²) in [5.74, 6) is -0.898. The first kappa shape index (κ1) is 21.1. The number of nitrogens with two attached hydrogens (primary N) is 1. The zero-order valence-corrected chi connectivity index (χ0v) is 17.0. The monoisotopic (exact) mass is 420 g/mol. The average molecular weight is 421 g/mol. The molecule has 1 fully saturated rings. The summed E-state index contributed by atoms with van der Waals surface area (Å²) in [5.41, 5.74) is 7.01. The fourth-order valence-corrected chi connectivity index (χ4v) is 3.82. The predicted octanol–water partition coefficient (Wildman–Crippen LogP) is 1.71. The van der Waals surface area contributed by atoms with E-state index in [4.69, 9.17) is 22.1 Å². The average Bonchev–Trinajstić information content (AvgIpc) is 2.68. The number of carbonyl (C=O) groups is 3. The normalized spacial score (nSPS) is 20.8. The third-order valence-electron chi connectivity index (χ3n) is 5.22. The molecule has 0 saturated carbocycles. The zero-order valence-electron chi connectivity index (χ0n) is 16.2. The number of nitrogens with zero attached hydrogens (tertiary/aromatic N) is 1. The van der Waals surface area contributed by atoms with Crippen LogP contribution in [-0.4, -0.2) is 49.0 Å². The molecule has 1 atom stereocenters. The number of hydrogen-bond acceptors (Lipinski definition) is 5. The van der Waals surface area contributed by atoms with E-state index in [9.17, 15) is 14.4 Å². The molecule has 0 spiro atoms. The number of likely N-dealkylation sites (tertiary alicyclic amines) is 1. The highest BCUT2D eigenvalue weighted by molar-refractivity contribution is 6.30. The van der Waals surface area contributed by atoms with Gasteiger partial charge in [-0.05, 0) is 50.6 Å². The molecule has 156 valence electrons. The first-order chi connectivity index (χ1) is 13.9. The van der Waals surface area contributed by atoms with Crippen molar-refractivity contribution in [3.05, 3.63) is 46.1 Å². The molecule has 3 rings (SSSR count). The number of esters is 1. The number of benzene rings is 1. The summed E-state index contributed by atoms with van der Waals surface area (Å²) in [6.45, 7) is 3.64. The Hall–Kier alpha value is -2.58. The van der Waals surface area contributed by atoms with E-state index in [0.717, 1.165) is 5.56 Å². The summed E-state index contributed by atoms with van der Waals surface area (Å²) >= 11 is 5.98. The predicted molar refractivity (Wildman–Crippen MR) is 108 cm³/mol. The molecule has 9 heteroatoms. The maximum atomic E-state index is 12.8. The minimum Gasteiger partial charge on any atom is -0.463 e. The smallest absolute Gasteiger partial charge is 0.338 e. The molecule has 8 nitrogen and oxygen atoms in total. The summed E-state index contributed by atoms with van der Waals surface area (Å²) in [6, 6.07) is 5.93. The highest BCUT2D eigenvalue weighted by atomic mass is 35.5. The first-order valence-electron chi connectivity index (χ1n) is 9.63. The van der Waals surface area contributed by atoms with E-state index < -0.39 is 12.0 Å². The Balaban J connectivity index is 1.89. The lowest BCUT2D eigenvalue weighted by molar-refractivity contribution is -0.139. The zero-order chi connectivity index (χ0) is 21.0. The maximum Gasteiger partial charge on any atom is 0.338 e. The summed E-state index contributed by atoms with van der Waals surface area (Å²) in [7, 11) is 0. The summed E-state index contributed by atoms with van der Waals surface area (Å²) in [4.78, 5) is 38.6. The van der Waals surface area contributed by atoms with E-state index in [1.807, 2.05) is 0 Å². The Labute approximate surface area is 174 Å². The van der Waals surface area contributed by atoms with Gasteiger partial charge in [-0.3, -0.25) is 9.69 Å². The van der Waals surface area contributed by atoms with Crippen molar-refractivity contribution in [3.63, 3.8) is 0 Å². The second kappa shape index (κ2) is 9.28. The van der Waals surface area contributed by atoms with Crippen LogP contribution in [0.1, 0.15) is 31.4 Å². The van der Waals surface area contributed by atoms with E-state index in [1.165, 1.54) is 0 Å². The molecule has 0 aromatic heterocycles. The number of rotatable bonds is 6. The number of primary amides is 1. The Kier molecular flexibility index (Phi) is 6.76. The lowest BCUT2D eigenvalue weighted by Gasteiger charge is -2.34. The molecular weight excluding hydrogens is 396 g/mol. The molecule has 2 aliphatic heterocycles. The fraction of sp³-hybridized carbons (Fsp3) is 0.450. The van der Waals surface area contributed by atoms with Gasteiger partial charge in [-0.15, -0.1) is 0 Å². The van der Waals surface area contributed by atoms with Gasteiger partial charge in [-0.25, -0.2) is 9.59 Å². The van der Waals surface area contributed by atoms with E-state index in [1.54, 1.807) is 31.2 Å². The highest BCUT2D eigenvalue weighted by Crippen LogP contribution is 2.29. The Morgan fingerprint density at radius 3 is 2.48 bits per heavy atom. The van der Waals surface area contributed by atoms with Crippen molar-refractivity contribution in [2.75, 3.05) is 26.2 Å². The van der Waals surface area contributed by atoms with E-state index in [0.29, 0.717) is 48.8 Å². The molecule has 0 radical (unpaired) electrons. The molecule has 29 heavy (non-hydrogen) atoms. The second-order valence-corrected chi connectivity index (χ2v) is 7.58. The van der Waals surface area contributed by atoms with Gasteiger partial charge in [0.1, 0.15) is 0 Å². The van der Waals surface area contributed by atoms with Gasteiger partial charge < -0.3 is 21.1 Å². The van der Waals surface area contributed by atoms with Gasteiger partial charge in [0.2, 0.25) is 5.91 Å². The molecule has 3 amide bonds. The summed E-state index contributed by atoms with van der Waals surface area (Å²) in [5, 5.41) is 6.13. The number of nitrogens with one attached hydrogen (secondary N) is 2. The third-order valence-corrected chi connectivity index (χ3v) is 5.48. The highest BCUT2D eigenvalue weighted by Gasteiger charge is 2.35. The second-order valence-electron chi connectivity index (χ2n) is 7.15. The van der Waals surface area contributed by atoms with Crippen LogP contribution in [0.5, 0.6) is 0 Å². The lowest BCUT2D eigenvalue weighted by Crippen LogP contribution is -2.49. The molecule has 0 unspecified atom stereocenters. The Morgan fingerprint density at radius 1 is 1.24 bits per heavy atom.